The van der Waals surface area contributed by atoms with Gasteiger partial charge in [-0.2, -0.15) is 0 Å². The smallest absolute Gasteiger partial charge is 0.241 e. The van der Waals surface area contributed by atoms with Crippen LogP contribution in [-0.2, 0) is 11.2 Å². The maximum absolute atomic E-state index is 12.4. The Kier molecular flexibility index (Phi) is 3.57. The van der Waals surface area contributed by atoms with Gasteiger partial charge in [-0.1, -0.05) is 29.4 Å². The Hall–Kier alpha value is -2.04. The van der Waals surface area contributed by atoms with E-state index in [4.69, 9.17) is 5.53 Å². The number of rotatable bonds is 3. The Morgan fingerprint density at radius 1 is 1.38 bits per heavy atom. The van der Waals surface area contributed by atoms with Crippen molar-refractivity contribution >= 4 is 11.6 Å². The minimum atomic E-state index is -0.154. The van der Waals surface area contributed by atoms with Crippen molar-refractivity contribution in [3.63, 3.8) is 0 Å². The Bertz CT molecular complexity index is 585. The molecule has 21 heavy (non-hydrogen) atoms. The van der Waals surface area contributed by atoms with Gasteiger partial charge in [-0.25, -0.2) is 0 Å². The molecule has 1 aromatic rings. The van der Waals surface area contributed by atoms with Crippen molar-refractivity contribution in [1.29, 1.82) is 0 Å². The van der Waals surface area contributed by atoms with E-state index in [-0.39, 0.29) is 17.6 Å². The zero-order valence-corrected chi connectivity index (χ0v) is 12.1. The molecule has 110 valence electrons. The largest absolute Gasteiger partial charge is 0.326 e. The first kappa shape index (κ1) is 13.9. The van der Waals surface area contributed by atoms with Crippen LogP contribution in [0.25, 0.3) is 10.4 Å². The molecule has 0 unspecified atom stereocenters. The molecular formula is C15H19N5O. The molecule has 1 saturated heterocycles. The van der Waals surface area contributed by atoms with Crippen molar-refractivity contribution < 1.29 is 4.79 Å². The van der Waals surface area contributed by atoms with Crippen LogP contribution >= 0.6 is 0 Å². The molecule has 3 rings (SSSR count). The number of hydrogen-bond acceptors (Lipinski definition) is 3. The van der Waals surface area contributed by atoms with Gasteiger partial charge in [0.05, 0.1) is 11.7 Å². The van der Waals surface area contributed by atoms with Crippen LogP contribution in [-0.4, -0.2) is 29.6 Å². The fourth-order valence-corrected chi connectivity index (χ4v) is 3.49. The Labute approximate surface area is 123 Å². The number of benzene rings is 1. The zero-order chi connectivity index (χ0) is 14.9. The van der Waals surface area contributed by atoms with Gasteiger partial charge in [0, 0.05) is 17.6 Å². The topological polar surface area (TPSA) is 81.1 Å². The SMILES string of the molecule is CN1C(=O)[C@H](Cc2ccc(N=[N+]=[N-])cc2)NC12CCCC2. The molecule has 1 aliphatic heterocycles. The highest BCUT2D eigenvalue weighted by Crippen LogP contribution is 2.37. The molecule has 1 spiro atoms. The highest BCUT2D eigenvalue weighted by atomic mass is 16.2. The quantitative estimate of drug-likeness (QED) is 0.526. The normalized spacial score (nSPS) is 23.6. The summed E-state index contributed by atoms with van der Waals surface area (Å²) in [5.74, 6) is 0.177. The predicted molar refractivity (Wildman–Crippen MR) is 79.8 cm³/mol. The number of hydrogen-bond donors (Lipinski definition) is 1. The first-order valence-electron chi connectivity index (χ1n) is 7.34. The summed E-state index contributed by atoms with van der Waals surface area (Å²) >= 11 is 0. The molecule has 1 aliphatic carbocycles. The van der Waals surface area contributed by atoms with E-state index < -0.39 is 0 Å². The van der Waals surface area contributed by atoms with Crippen molar-refractivity contribution in [3.8, 4) is 0 Å². The number of nitrogens with zero attached hydrogens (tertiary/aromatic N) is 4. The molecular weight excluding hydrogens is 266 g/mol. The van der Waals surface area contributed by atoms with Crippen molar-refractivity contribution in [1.82, 2.24) is 10.2 Å². The summed E-state index contributed by atoms with van der Waals surface area (Å²) in [6.45, 7) is 0. The lowest BCUT2D eigenvalue weighted by Crippen LogP contribution is -2.48. The molecule has 1 aromatic carbocycles. The average molecular weight is 285 g/mol. The summed E-state index contributed by atoms with van der Waals surface area (Å²) in [4.78, 5) is 17.1. The summed E-state index contributed by atoms with van der Waals surface area (Å²) in [6, 6.07) is 7.24. The Balaban J connectivity index is 1.73. The maximum atomic E-state index is 12.4. The molecule has 1 amide bonds. The van der Waals surface area contributed by atoms with Crippen LogP contribution in [0, 0.1) is 0 Å². The van der Waals surface area contributed by atoms with Crippen LogP contribution in [0.5, 0.6) is 0 Å². The standard InChI is InChI=1S/C15H19N5O/c1-20-14(21)13(17-15(20)8-2-3-9-15)10-11-4-6-12(7-5-11)18-19-16/h4-7,13,17H,2-3,8-10H2,1H3/t13-/m0/s1. The predicted octanol–water partition coefficient (Wildman–Crippen LogP) is 2.87. The van der Waals surface area contributed by atoms with E-state index in [1.165, 1.54) is 12.8 Å². The second kappa shape index (κ2) is 5.39. The third-order valence-corrected chi connectivity index (χ3v) is 4.68. The Morgan fingerprint density at radius 3 is 2.67 bits per heavy atom. The fraction of sp³-hybridized carbons (Fsp3) is 0.533. The van der Waals surface area contributed by atoms with E-state index in [0.717, 1.165) is 18.4 Å². The van der Waals surface area contributed by atoms with Crippen molar-refractivity contribution in [2.24, 2.45) is 5.11 Å². The van der Waals surface area contributed by atoms with Crippen molar-refractivity contribution in [3.05, 3.63) is 40.3 Å². The number of carbonyl (C=O) groups is 1. The number of amides is 1. The monoisotopic (exact) mass is 285 g/mol. The van der Waals surface area contributed by atoms with Crippen LogP contribution in [0.2, 0.25) is 0 Å². The summed E-state index contributed by atoms with van der Waals surface area (Å²) in [7, 11) is 1.91. The number of likely N-dealkylation sites (N-methyl/N-ethyl adjacent to an activating group) is 1. The summed E-state index contributed by atoms with van der Waals surface area (Å²) in [5.41, 5.74) is 9.94. The van der Waals surface area contributed by atoms with Gasteiger partial charge in [-0.3, -0.25) is 10.1 Å². The highest BCUT2D eigenvalue weighted by molar-refractivity contribution is 5.85. The zero-order valence-electron chi connectivity index (χ0n) is 12.1. The van der Waals surface area contributed by atoms with Crippen LogP contribution in [0.4, 0.5) is 5.69 Å². The van der Waals surface area contributed by atoms with E-state index in [1.807, 2.05) is 24.1 Å². The lowest BCUT2D eigenvalue weighted by molar-refractivity contribution is -0.130. The van der Waals surface area contributed by atoms with Crippen LogP contribution in [0.15, 0.2) is 29.4 Å². The van der Waals surface area contributed by atoms with Gasteiger partial charge in [0.15, 0.2) is 0 Å². The number of azide groups is 1. The molecule has 0 radical (unpaired) electrons. The molecule has 6 nitrogen and oxygen atoms in total. The highest BCUT2D eigenvalue weighted by Gasteiger charge is 2.49. The minimum absolute atomic E-state index is 0.118. The lowest BCUT2D eigenvalue weighted by atomic mass is 10.1. The lowest BCUT2D eigenvalue weighted by Gasteiger charge is -2.31. The first-order valence-corrected chi connectivity index (χ1v) is 7.34. The third kappa shape index (κ3) is 2.48. The molecule has 0 aromatic heterocycles. The molecule has 6 heteroatoms. The number of carbonyl (C=O) groups excluding carboxylic acids is 1. The van der Waals surface area contributed by atoms with E-state index in [9.17, 15) is 4.79 Å². The molecule has 1 N–H and O–H groups in total. The van der Waals surface area contributed by atoms with Crippen molar-refractivity contribution in [2.75, 3.05) is 7.05 Å². The molecule has 0 bridgehead atoms. The summed E-state index contributed by atoms with van der Waals surface area (Å²) in [6.07, 6.45) is 5.11. The van der Waals surface area contributed by atoms with Gasteiger partial charge in [-0.05, 0) is 43.2 Å². The molecule has 1 heterocycles. The summed E-state index contributed by atoms with van der Waals surface area (Å²) in [5, 5.41) is 7.10. The van der Waals surface area contributed by atoms with Gasteiger partial charge in [-0.15, -0.1) is 0 Å². The van der Waals surface area contributed by atoms with Gasteiger partial charge >= 0.3 is 0 Å². The second-order valence-corrected chi connectivity index (χ2v) is 5.89. The van der Waals surface area contributed by atoms with Gasteiger partial charge in [0.1, 0.15) is 0 Å². The van der Waals surface area contributed by atoms with E-state index >= 15 is 0 Å². The maximum Gasteiger partial charge on any atom is 0.241 e. The molecule has 1 saturated carbocycles. The molecule has 1 atom stereocenters. The van der Waals surface area contributed by atoms with E-state index in [0.29, 0.717) is 12.1 Å². The van der Waals surface area contributed by atoms with Crippen LogP contribution < -0.4 is 5.32 Å². The van der Waals surface area contributed by atoms with Gasteiger partial charge < -0.3 is 4.90 Å². The minimum Gasteiger partial charge on any atom is -0.326 e. The molecule has 2 fully saturated rings. The third-order valence-electron chi connectivity index (χ3n) is 4.68. The van der Waals surface area contributed by atoms with Crippen LogP contribution in [0.3, 0.4) is 0 Å². The molecule has 2 aliphatic rings. The Morgan fingerprint density at radius 2 is 2.05 bits per heavy atom. The van der Waals surface area contributed by atoms with Gasteiger partial charge in [0.2, 0.25) is 5.91 Å². The van der Waals surface area contributed by atoms with Crippen LogP contribution in [0.1, 0.15) is 31.2 Å². The van der Waals surface area contributed by atoms with E-state index in [2.05, 4.69) is 15.3 Å². The summed E-state index contributed by atoms with van der Waals surface area (Å²) < 4.78 is 0. The second-order valence-electron chi connectivity index (χ2n) is 5.89. The first-order chi connectivity index (χ1) is 10.1. The van der Waals surface area contributed by atoms with Crippen molar-refractivity contribution in [2.45, 2.75) is 43.8 Å². The van der Waals surface area contributed by atoms with Gasteiger partial charge in [0.25, 0.3) is 0 Å². The fourth-order valence-electron chi connectivity index (χ4n) is 3.49. The number of nitrogens with one attached hydrogen (secondary N) is 1. The van der Waals surface area contributed by atoms with E-state index in [1.54, 1.807) is 12.1 Å². The average Bonchev–Trinajstić information content (AvgIpc) is 3.04.